The minimum atomic E-state index is -3.10. The summed E-state index contributed by atoms with van der Waals surface area (Å²) in [6.07, 6.45) is 2.26. The molecule has 27 heavy (non-hydrogen) atoms. The van der Waals surface area contributed by atoms with E-state index in [1.165, 1.54) is 15.5 Å². The van der Waals surface area contributed by atoms with Gasteiger partial charge in [0.05, 0.1) is 10.9 Å². The van der Waals surface area contributed by atoms with E-state index in [4.69, 9.17) is 16.2 Å². The number of rotatable bonds is 5. The van der Waals surface area contributed by atoms with Crippen LogP contribution in [0.2, 0.25) is 0 Å². The van der Waals surface area contributed by atoms with Gasteiger partial charge in [-0.3, -0.25) is 0 Å². The summed E-state index contributed by atoms with van der Waals surface area (Å²) in [5.41, 5.74) is 0. The van der Waals surface area contributed by atoms with Crippen LogP contribution in [0.3, 0.4) is 0 Å². The van der Waals surface area contributed by atoms with Gasteiger partial charge in [0, 0.05) is 11.2 Å². The van der Waals surface area contributed by atoms with Crippen molar-refractivity contribution in [1.29, 1.82) is 0 Å². The minimum absolute atomic E-state index is 0. The number of nitrogens with zero attached hydrogens (tertiary/aromatic N) is 4. The fraction of sp³-hybridized carbons (Fsp3) is 0.500. The van der Waals surface area contributed by atoms with Gasteiger partial charge in [-0.2, -0.15) is 19.9 Å². The van der Waals surface area contributed by atoms with E-state index in [0.717, 1.165) is 29.8 Å². The summed E-state index contributed by atoms with van der Waals surface area (Å²) in [5.74, 6) is 2.77. The zero-order valence-corrected chi connectivity index (χ0v) is 20.6. The Morgan fingerprint density at radius 1 is 1.00 bits per heavy atom. The van der Waals surface area contributed by atoms with E-state index in [-0.39, 0.29) is 35.4 Å². The third kappa shape index (κ3) is 28.0. The van der Waals surface area contributed by atoms with E-state index >= 15 is 0 Å². The minimum Gasteiger partial charge on any atom is -0.753 e. The first-order valence-electron chi connectivity index (χ1n) is 6.03. The fourth-order valence-corrected chi connectivity index (χ4v) is 6.96. The van der Waals surface area contributed by atoms with Crippen LogP contribution in [0.25, 0.3) is 16.2 Å². The Bertz CT molecular complexity index is 598. The average Bonchev–Trinajstić information content (AvgIpc) is 2.97. The van der Waals surface area contributed by atoms with E-state index in [1.54, 1.807) is 0 Å². The molecule has 1 saturated heterocycles. The van der Waals surface area contributed by atoms with Gasteiger partial charge in [0.15, 0.2) is 9.84 Å². The molecule has 1 heterocycles. The van der Waals surface area contributed by atoms with Crippen molar-refractivity contribution in [2.24, 2.45) is 4.40 Å². The van der Waals surface area contributed by atoms with Crippen molar-refractivity contribution in [3.63, 3.8) is 0 Å². The van der Waals surface area contributed by atoms with Gasteiger partial charge in [0.1, 0.15) is 0 Å². The number of hydrogen-bond donors (Lipinski definition) is 2. The maximum atomic E-state index is 11.3. The second-order valence-corrected chi connectivity index (χ2v) is 10.0. The van der Waals surface area contributed by atoms with Gasteiger partial charge in [-0.15, -0.1) is 10.2 Å². The van der Waals surface area contributed by atoms with Crippen LogP contribution in [-0.4, -0.2) is 52.1 Å². The third-order valence-corrected chi connectivity index (χ3v) is 7.82. The van der Waals surface area contributed by atoms with Crippen molar-refractivity contribution in [2.75, 3.05) is 23.0 Å². The standard InChI is InChI=1S/C9H15NO2S3.3CNS.Cr.2H3N/c1-2-15(11,12)8-7-14(10-9-13)5-3-4-6-14;3*2-1-3;;;/h2H,1,3-8H2;;;;;2*1H3/q;3*-1;+3;;. The maximum absolute atomic E-state index is 11.3. The van der Waals surface area contributed by atoms with Gasteiger partial charge in [0.2, 0.25) is 0 Å². The molecule has 0 bridgehead atoms. The summed E-state index contributed by atoms with van der Waals surface area (Å²) in [6, 6.07) is 0. The summed E-state index contributed by atoms with van der Waals surface area (Å²) in [5, 5.41) is 28.9. The molecule has 0 aromatic carbocycles. The van der Waals surface area contributed by atoms with Gasteiger partial charge in [-0.05, 0) is 36.6 Å². The molecule has 0 aromatic heterocycles. The molecule has 0 unspecified atom stereocenters. The summed E-state index contributed by atoms with van der Waals surface area (Å²) in [7, 11) is -4.27. The Morgan fingerprint density at radius 3 is 1.59 bits per heavy atom. The van der Waals surface area contributed by atoms with Crippen LogP contribution in [-0.2, 0) is 27.2 Å². The van der Waals surface area contributed by atoms with Gasteiger partial charge in [-0.25, -0.2) is 8.42 Å². The number of thiocarbonyl (C=S) groups is 4. The second kappa shape index (κ2) is 27.9. The Labute approximate surface area is 194 Å². The monoisotopic (exact) mass is 525 g/mol. The third-order valence-electron chi connectivity index (χ3n) is 2.53. The molecule has 153 valence electrons. The van der Waals surface area contributed by atoms with Gasteiger partial charge >= 0.3 is 17.4 Å². The molecule has 15 heteroatoms. The van der Waals surface area contributed by atoms with Crippen LogP contribution in [0.5, 0.6) is 0 Å². The van der Waals surface area contributed by atoms with Crippen LogP contribution >= 0.6 is 59.1 Å². The van der Waals surface area contributed by atoms with E-state index in [1.807, 2.05) is 0 Å². The van der Waals surface area contributed by atoms with Crippen molar-refractivity contribution < 1.29 is 25.8 Å². The first-order valence-corrected chi connectivity index (χ1v) is 11.5. The molecule has 1 radical (unpaired) electrons. The van der Waals surface area contributed by atoms with Gasteiger partial charge in [-0.1, -0.05) is 43.2 Å². The summed E-state index contributed by atoms with van der Waals surface area (Å²) in [4.78, 5) is 0. The van der Waals surface area contributed by atoms with Crippen LogP contribution in [0, 0.1) is 0 Å². The van der Waals surface area contributed by atoms with Crippen LogP contribution in [0.1, 0.15) is 12.8 Å². The largest absolute Gasteiger partial charge is 3.00 e. The molecule has 8 nitrogen and oxygen atoms in total. The summed E-state index contributed by atoms with van der Waals surface area (Å²) in [6.45, 7) is 3.30. The SMILES string of the molecule is C=CS(=O)(=O)CCS1(N=C=S)CCCC1.N.N.[Cr+3].[N-]=C=S.[N-]=C=S.[N-]=C=S. The predicted octanol–water partition coefficient (Wildman–Crippen LogP) is 4.46. The summed E-state index contributed by atoms with van der Waals surface area (Å²) < 4.78 is 26.9. The molecule has 1 rings (SSSR count). The number of isothiocyanates is 4. The molecule has 0 spiro atoms. The molecule has 6 N–H and O–H groups in total. The molecule has 0 aromatic rings. The first kappa shape index (κ1) is 41.2. The fourth-order valence-electron chi connectivity index (χ4n) is 1.62. The topological polar surface area (TPSA) is 183 Å². The second-order valence-electron chi connectivity index (χ2n) is 3.81. The van der Waals surface area contributed by atoms with Crippen molar-refractivity contribution in [1.82, 2.24) is 12.3 Å². The van der Waals surface area contributed by atoms with E-state index in [9.17, 15) is 8.42 Å². The molecular formula is C12H21CrN6O2S6. The van der Waals surface area contributed by atoms with Crippen molar-refractivity contribution in [3.8, 4) is 0 Å². The van der Waals surface area contributed by atoms with E-state index < -0.39 is 20.1 Å². The maximum Gasteiger partial charge on any atom is 3.00 e. The van der Waals surface area contributed by atoms with Crippen molar-refractivity contribution in [3.05, 3.63) is 28.2 Å². The van der Waals surface area contributed by atoms with Gasteiger partial charge in [0.25, 0.3) is 0 Å². The van der Waals surface area contributed by atoms with E-state index in [0.29, 0.717) is 5.75 Å². The first-order chi connectivity index (χ1) is 11.3. The van der Waals surface area contributed by atoms with Crippen molar-refractivity contribution in [2.45, 2.75) is 12.8 Å². The molecule has 0 aliphatic carbocycles. The quantitative estimate of drug-likeness (QED) is 0.389. The summed E-state index contributed by atoms with van der Waals surface area (Å²) >= 11 is 15.7. The molecular weight excluding hydrogens is 505 g/mol. The number of hydrogen-bond acceptors (Lipinski definition) is 9. The van der Waals surface area contributed by atoms with Crippen molar-refractivity contribution >= 4 is 89.6 Å². The average molecular weight is 526 g/mol. The Hall–Kier alpha value is -0.308. The molecule has 0 amide bonds. The zero-order chi connectivity index (χ0) is 19.5. The molecule has 0 saturated carbocycles. The predicted molar refractivity (Wildman–Crippen MR) is 128 cm³/mol. The smallest absolute Gasteiger partial charge is 0.753 e. The zero-order valence-electron chi connectivity index (χ0n) is 14.4. The molecule has 1 aliphatic rings. The molecule has 1 aliphatic heterocycles. The Kier molecular flexibility index (Phi) is 42.5. The van der Waals surface area contributed by atoms with Crippen LogP contribution in [0.15, 0.2) is 16.4 Å². The molecule has 0 atom stereocenters. The van der Waals surface area contributed by atoms with Gasteiger partial charge < -0.3 is 28.5 Å². The van der Waals surface area contributed by atoms with Crippen LogP contribution < -0.4 is 12.3 Å². The normalized spacial score (nSPS) is 12.9. The van der Waals surface area contributed by atoms with E-state index in [2.05, 4.69) is 65.0 Å². The number of sulfone groups is 1. The molecule has 1 fully saturated rings. The Balaban J connectivity index is -0.0000000787. The Morgan fingerprint density at radius 2 is 1.33 bits per heavy atom. The van der Waals surface area contributed by atoms with Crippen LogP contribution in [0.4, 0.5) is 0 Å².